The molecule has 1 heterocycles. The van der Waals surface area contributed by atoms with Crippen molar-refractivity contribution >= 4 is 12.0 Å². The highest BCUT2D eigenvalue weighted by molar-refractivity contribution is 5.87. The molecule has 7 nitrogen and oxygen atoms in total. The molecule has 0 aliphatic carbocycles. The number of aryl methyl sites for hydroxylation is 1. The van der Waals surface area contributed by atoms with Gasteiger partial charge in [-0.1, -0.05) is 23.8 Å². The van der Waals surface area contributed by atoms with Gasteiger partial charge in [0.15, 0.2) is 17.6 Å². The zero-order valence-corrected chi connectivity index (χ0v) is 17.4. The minimum atomic E-state index is -0.678. The molecule has 0 fully saturated rings. The SMILES string of the molecule is CCOc1ccc(/C=C/C(=O)OC(C)c2nnc(-c3cccc(C)c3)o2)cc1OC. The van der Waals surface area contributed by atoms with E-state index in [1.54, 1.807) is 32.2 Å². The number of carbonyl (C=O) groups is 1. The quantitative estimate of drug-likeness (QED) is 0.392. The second-order valence-electron chi connectivity index (χ2n) is 6.57. The minimum Gasteiger partial charge on any atom is -0.493 e. The van der Waals surface area contributed by atoms with Gasteiger partial charge in [0, 0.05) is 11.6 Å². The Morgan fingerprint density at radius 3 is 2.73 bits per heavy atom. The van der Waals surface area contributed by atoms with Gasteiger partial charge in [-0.05, 0) is 56.7 Å². The maximum Gasteiger partial charge on any atom is 0.331 e. The molecule has 0 saturated heterocycles. The Hall–Kier alpha value is -3.61. The highest BCUT2D eigenvalue weighted by atomic mass is 16.6. The molecule has 0 bridgehead atoms. The standard InChI is InChI=1S/C23H24N2O5/c1-5-28-19-11-9-17(14-20(19)27-4)10-12-21(26)29-16(3)22-24-25-23(30-22)18-8-6-7-15(2)13-18/h6-14,16H,5H2,1-4H3/b12-10+. The first-order valence-corrected chi connectivity index (χ1v) is 9.60. The topological polar surface area (TPSA) is 83.7 Å². The molecule has 0 radical (unpaired) electrons. The third-order valence-corrected chi connectivity index (χ3v) is 4.25. The maximum absolute atomic E-state index is 12.2. The molecule has 3 aromatic rings. The number of nitrogens with zero attached hydrogens (tertiary/aromatic N) is 2. The number of hydrogen-bond donors (Lipinski definition) is 0. The molecule has 30 heavy (non-hydrogen) atoms. The molecular weight excluding hydrogens is 384 g/mol. The first-order valence-electron chi connectivity index (χ1n) is 9.60. The van der Waals surface area contributed by atoms with Crippen LogP contribution in [0.3, 0.4) is 0 Å². The van der Waals surface area contributed by atoms with E-state index in [9.17, 15) is 4.79 Å². The molecule has 0 spiro atoms. The van der Waals surface area contributed by atoms with Gasteiger partial charge in [-0.2, -0.15) is 0 Å². The maximum atomic E-state index is 12.2. The molecular formula is C23H24N2O5. The summed E-state index contributed by atoms with van der Waals surface area (Å²) in [6.07, 6.45) is 2.30. The van der Waals surface area contributed by atoms with E-state index in [0.29, 0.717) is 24.0 Å². The number of rotatable bonds is 8. The molecule has 1 aromatic heterocycles. The Labute approximate surface area is 175 Å². The third kappa shape index (κ3) is 5.26. The summed E-state index contributed by atoms with van der Waals surface area (Å²) in [5.41, 5.74) is 2.68. The summed E-state index contributed by atoms with van der Waals surface area (Å²) in [6, 6.07) is 13.1. The van der Waals surface area contributed by atoms with Crippen LogP contribution in [0.5, 0.6) is 11.5 Å². The fraction of sp³-hybridized carbons (Fsp3) is 0.261. The van der Waals surface area contributed by atoms with Crippen LogP contribution >= 0.6 is 0 Å². The van der Waals surface area contributed by atoms with Gasteiger partial charge in [0.2, 0.25) is 5.89 Å². The van der Waals surface area contributed by atoms with Crippen molar-refractivity contribution in [3.8, 4) is 23.0 Å². The Morgan fingerprint density at radius 1 is 1.17 bits per heavy atom. The van der Waals surface area contributed by atoms with Gasteiger partial charge in [0.05, 0.1) is 13.7 Å². The third-order valence-electron chi connectivity index (χ3n) is 4.25. The summed E-state index contributed by atoms with van der Waals surface area (Å²) < 4.78 is 21.8. The molecule has 2 aromatic carbocycles. The Bertz CT molecular complexity index is 1040. The number of benzene rings is 2. The molecule has 0 aliphatic heterocycles. The van der Waals surface area contributed by atoms with Crippen molar-refractivity contribution in [1.82, 2.24) is 10.2 Å². The smallest absolute Gasteiger partial charge is 0.331 e. The fourth-order valence-electron chi connectivity index (χ4n) is 2.78. The van der Waals surface area contributed by atoms with E-state index in [0.717, 1.165) is 16.7 Å². The fourth-order valence-corrected chi connectivity index (χ4v) is 2.78. The summed E-state index contributed by atoms with van der Waals surface area (Å²) >= 11 is 0. The highest BCUT2D eigenvalue weighted by Crippen LogP contribution is 2.28. The van der Waals surface area contributed by atoms with Gasteiger partial charge in [-0.15, -0.1) is 10.2 Å². The number of hydrogen-bond acceptors (Lipinski definition) is 7. The van der Waals surface area contributed by atoms with E-state index in [1.807, 2.05) is 44.2 Å². The van der Waals surface area contributed by atoms with Crippen molar-refractivity contribution in [3.63, 3.8) is 0 Å². The average molecular weight is 408 g/mol. The molecule has 0 N–H and O–H groups in total. The number of esters is 1. The Balaban J connectivity index is 1.63. The predicted molar refractivity (Wildman–Crippen MR) is 112 cm³/mol. The van der Waals surface area contributed by atoms with Crippen molar-refractivity contribution in [3.05, 3.63) is 65.6 Å². The lowest BCUT2D eigenvalue weighted by atomic mass is 10.1. The largest absolute Gasteiger partial charge is 0.493 e. The first-order chi connectivity index (χ1) is 14.5. The van der Waals surface area contributed by atoms with Gasteiger partial charge in [0.1, 0.15) is 0 Å². The van der Waals surface area contributed by atoms with E-state index in [4.69, 9.17) is 18.6 Å². The van der Waals surface area contributed by atoms with Crippen LogP contribution in [0, 0.1) is 6.92 Å². The monoisotopic (exact) mass is 408 g/mol. The van der Waals surface area contributed by atoms with E-state index >= 15 is 0 Å². The van der Waals surface area contributed by atoms with E-state index < -0.39 is 12.1 Å². The summed E-state index contributed by atoms with van der Waals surface area (Å²) in [4.78, 5) is 12.2. The molecule has 156 valence electrons. The van der Waals surface area contributed by atoms with Crippen LogP contribution in [0.1, 0.15) is 37.0 Å². The normalized spacial score (nSPS) is 12.0. The summed E-state index contributed by atoms with van der Waals surface area (Å²) in [6.45, 7) is 6.10. The van der Waals surface area contributed by atoms with Crippen LogP contribution in [0.25, 0.3) is 17.5 Å². The van der Waals surface area contributed by atoms with Crippen molar-refractivity contribution in [2.45, 2.75) is 26.9 Å². The van der Waals surface area contributed by atoms with Gasteiger partial charge < -0.3 is 18.6 Å². The molecule has 0 aliphatic rings. The Kier molecular flexibility index (Phi) is 6.85. The second-order valence-corrected chi connectivity index (χ2v) is 6.57. The van der Waals surface area contributed by atoms with Gasteiger partial charge in [-0.25, -0.2) is 4.79 Å². The van der Waals surface area contributed by atoms with Crippen molar-refractivity contribution in [1.29, 1.82) is 0 Å². The van der Waals surface area contributed by atoms with Crippen LogP contribution in [-0.2, 0) is 9.53 Å². The second kappa shape index (κ2) is 9.73. The lowest BCUT2D eigenvalue weighted by molar-refractivity contribution is -0.143. The van der Waals surface area contributed by atoms with E-state index in [1.165, 1.54) is 6.08 Å². The molecule has 3 rings (SSSR count). The summed E-state index contributed by atoms with van der Waals surface area (Å²) in [5.74, 6) is 1.33. The molecule has 1 atom stereocenters. The minimum absolute atomic E-state index is 0.232. The zero-order chi connectivity index (χ0) is 21.5. The van der Waals surface area contributed by atoms with Crippen LogP contribution in [0.2, 0.25) is 0 Å². The number of aromatic nitrogens is 2. The molecule has 0 amide bonds. The van der Waals surface area contributed by atoms with E-state index in [2.05, 4.69) is 10.2 Å². The van der Waals surface area contributed by atoms with Crippen molar-refractivity contribution in [2.75, 3.05) is 13.7 Å². The van der Waals surface area contributed by atoms with Gasteiger partial charge in [-0.3, -0.25) is 0 Å². The molecule has 1 unspecified atom stereocenters. The van der Waals surface area contributed by atoms with Crippen LogP contribution in [-0.4, -0.2) is 29.9 Å². The first kappa shape index (κ1) is 21.1. The van der Waals surface area contributed by atoms with Crippen LogP contribution in [0.15, 0.2) is 53.0 Å². The number of carbonyl (C=O) groups excluding carboxylic acids is 1. The molecule has 0 saturated carbocycles. The van der Waals surface area contributed by atoms with Gasteiger partial charge in [0.25, 0.3) is 5.89 Å². The summed E-state index contributed by atoms with van der Waals surface area (Å²) in [5, 5.41) is 8.04. The highest BCUT2D eigenvalue weighted by Gasteiger charge is 2.18. The van der Waals surface area contributed by atoms with Crippen LogP contribution in [0.4, 0.5) is 0 Å². The Morgan fingerprint density at radius 2 is 2.00 bits per heavy atom. The predicted octanol–water partition coefficient (Wildman–Crippen LogP) is 4.77. The van der Waals surface area contributed by atoms with Crippen LogP contribution < -0.4 is 9.47 Å². The van der Waals surface area contributed by atoms with Gasteiger partial charge >= 0.3 is 5.97 Å². The average Bonchev–Trinajstić information content (AvgIpc) is 3.24. The van der Waals surface area contributed by atoms with Crippen molar-refractivity contribution in [2.24, 2.45) is 0 Å². The number of ether oxygens (including phenoxy) is 3. The number of methoxy groups -OCH3 is 1. The lowest BCUT2D eigenvalue weighted by Crippen LogP contribution is -2.06. The molecule has 7 heteroatoms. The zero-order valence-electron chi connectivity index (χ0n) is 17.4. The van der Waals surface area contributed by atoms with Crippen molar-refractivity contribution < 1.29 is 23.4 Å². The van der Waals surface area contributed by atoms with E-state index in [-0.39, 0.29) is 5.89 Å². The lowest BCUT2D eigenvalue weighted by Gasteiger charge is -2.09. The summed E-state index contributed by atoms with van der Waals surface area (Å²) in [7, 11) is 1.57.